The lowest BCUT2D eigenvalue weighted by Gasteiger charge is -2.34. The number of nitro benzene ring substituents is 1. The van der Waals surface area contributed by atoms with Crippen LogP contribution in [0.25, 0.3) is 0 Å². The molecule has 2 amide bonds. The molecule has 1 aliphatic heterocycles. The number of carbonyl (C=O) groups excluding carboxylic acids is 2. The minimum absolute atomic E-state index is 0.00858. The van der Waals surface area contributed by atoms with Crippen molar-refractivity contribution in [3.63, 3.8) is 0 Å². The highest BCUT2D eigenvalue weighted by Gasteiger charge is 2.30. The molecule has 3 rings (SSSR count). The van der Waals surface area contributed by atoms with E-state index in [-0.39, 0.29) is 27.8 Å². The van der Waals surface area contributed by atoms with Gasteiger partial charge in [0.1, 0.15) is 0 Å². The highest BCUT2D eigenvalue weighted by Crippen LogP contribution is 2.31. The van der Waals surface area contributed by atoms with Crippen LogP contribution in [0.15, 0.2) is 47.4 Å². The van der Waals surface area contributed by atoms with Gasteiger partial charge >= 0.3 is 6.18 Å². The second kappa shape index (κ2) is 10.2. The number of hydrogen-bond acceptors (Lipinski definition) is 6. The summed E-state index contributed by atoms with van der Waals surface area (Å²) in [5.41, 5.74) is 4.73. The van der Waals surface area contributed by atoms with Gasteiger partial charge in [-0.15, -0.1) is 11.8 Å². The average Bonchev–Trinajstić information content (AvgIpc) is 2.77. The van der Waals surface area contributed by atoms with Crippen molar-refractivity contribution in [2.45, 2.75) is 17.6 Å². The average molecular weight is 482 g/mol. The van der Waals surface area contributed by atoms with Crippen LogP contribution >= 0.6 is 11.8 Å². The molecule has 2 aromatic rings. The fourth-order valence-electron chi connectivity index (χ4n) is 3.43. The molecule has 0 spiro atoms. The molecule has 0 aromatic heterocycles. The SMILES string of the molecule is NC(=O)c1ccc(SCC(=O)N2CCN(Cc3cccc(C(F)(F)F)c3)CC2)c([N+](=O)[O-])c1. The molecule has 0 aliphatic carbocycles. The van der Waals surface area contributed by atoms with Gasteiger partial charge in [-0.05, 0) is 23.8 Å². The molecular formula is C21H21F3N4O4S. The molecule has 1 saturated heterocycles. The molecular weight excluding hydrogens is 461 g/mol. The van der Waals surface area contributed by atoms with E-state index in [2.05, 4.69) is 0 Å². The number of hydrogen-bond donors (Lipinski definition) is 1. The van der Waals surface area contributed by atoms with Gasteiger partial charge in [0.05, 0.1) is 21.1 Å². The molecule has 0 radical (unpaired) electrons. The summed E-state index contributed by atoms with van der Waals surface area (Å²) in [5.74, 6) is -1.01. The fraction of sp³-hybridized carbons (Fsp3) is 0.333. The first kappa shape index (κ1) is 24.5. The Balaban J connectivity index is 1.53. The number of rotatable bonds is 7. The number of primary amides is 1. The van der Waals surface area contributed by atoms with Gasteiger partial charge < -0.3 is 10.6 Å². The first-order valence-electron chi connectivity index (χ1n) is 9.92. The second-order valence-electron chi connectivity index (χ2n) is 7.45. The van der Waals surface area contributed by atoms with Gasteiger partial charge in [-0.3, -0.25) is 24.6 Å². The number of nitrogens with two attached hydrogens (primary N) is 1. The van der Waals surface area contributed by atoms with E-state index >= 15 is 0 Å². The molecule has 2 aromatic carbocycles. The van der Waals surface area contributed by atoms with Crippen LogP contribution < -0.4 is 5.73 Å². The quantitative estimate of drug-likeness (QED) is 0.369. The number of amides is 2. The largest absolute Gasteiger partial charge is 0.416 e. The minimum atomic E-state index is -4.39. The number of carbonyl (C=O) groups is 2. The lowest BCUT2D eigenvalue weighted by molar-refractivity contribution is -0.387. The molecule has 0 atom stereocenters. The molecule has 1 heterocycles. The Morgan fingerprint density at radius 1 is 1.09 bits per heavy atom. The third kappa shape index (κ3) is 6.45. The van der Waals surface area contributed by atoms with Crippen molar-refractivity contribution in [3.05, 3.63) is 69.3 Å². The van der Waals surface area contributed by atoms with Crippen LogP contribution in [0.3, 0.4) is 0 Å². The van der Waals surface area contributed by atoms with Crippen molar-refractivity contribution in [2.75, 3.05) is 31.9 Å². The highest BCUT2D eigenvalue weighted by molar-refractivity contribution is 8.00. The molecule has 0 bridgehead atoms. The number of halogens is 3. The Labute approximate surface area is 191 Å². The Morgan fingerprint density at radius 3 is 2.39 bits per heavy atom. The summed E-state index contributed by atoms with van der Waals surface area (Å²) in [5, 5.41) is 11.3. The Kier molecular flexibility index (Phi) is 7.59. The summed E-state index contributed by atoms with van der Waals surface area (Å²) in [7, 11) is 0. The van der Waals surface area contributed by atoms with Gasteiger partial charge in [0, 0.05) is 44.4 Å². The molecule has 176 valence electrons. The predicted octanol–water partition coefficient (Wildman–Crippen LogP) is 3.15. The molecule has 0 unspecified atom stereocenters. The molecule has 8 nitrogen and oxygen atoms in total. The van der Waals surface area contributed by atoms with Gasteiger partial charge in [-0.25, -0.2) is 0 Å². The van der Waals surface area contributed by atoms with E-state index in [4.69, 9.17) is 5.73 Å². The van der Waals surface area contributed by atoms with Crippen LogP contribution in [0, 0.1) is 10.1 Å². The van der Waals surface area contributed by atoms with Gasteiger partial charge in [0.15, 0.2) is 0 Å². The maximum absolute atomic E-state index is 12.9. The summed E-state index contributed by atoms with van der Waals surface area (Å²) in [4.78, 5) is 38.3. The zero-order valence-electron chi connectivity index (χ0n) is 17.4. The summed E-state index contributed by atoms with van der Waals surface area (Å²) in [6.45, 7) is 2.15. The number of alkyl halides is 3. The lowest BCUT2D eigenvalue weighted by Crippen LogP contribution is -2.48. The third-order valence-corrected chi connectivity index (χ3v) is 6.22. The highest BCUT2D eigenvalue weighted by atomic mass is 32.2. The van der Waals surface area contributed by atoms with Crippen molar-refractivity contribution >= 4 is 29.3 Å². The van der Waals surface area contributed by atoms with E-state index in [9.17, 15) is 32.9 Å². The maximum Gasteiger partial charge on any atom is 0.416 e. The first-order valence-corrected chi connectivity index (χ1v) is 10.9. The standard InChI is InChI=1S/C21H21F3N4O4S/c22-21(23,24)16-3-1-2-14(10-16)12-26-6-8-27(9-7-26)19(29)13-33-18-5-4-15(20(25)30)11-17(18)28(31)32/h1-5,10-11H,6-9,12-13H2,(H2,25,30). The van der Waals surface area contributed by atoms with Gasteiger partial charge in [-0.1, -0.05) is 18.2 Å². The fourth-order valence-corrected chi connectivity index (χ4v) is 4.33. The second-order valence-corrected chi connectivity index (χ2v) is 8.46. The minimum Gasteiger partial charge on any atom is -0.366 e. The van der Waals surface area contributed by atoms with Gasteiger partial charge in [0.2, 0.25) is 11.8 Å². The van der Waals surface area contributed by atoms with E-state index in [0.29, 0.717) is 38.3 Å². The molecule has 0 saturated carbocycles. The summed E-state index contributed by atoms with van der Waals surface area (Å²) in [6.07, 6.45) is -4.39. The van der Waals surface area contributed by atoms with Crippen molar-refractivity contribution in [1.29, 1.82) is 0 Å². The van der Waals surface area contributed by atoms with Crippen LogP contribution in [0.4, 0.5) is 18.9 Å². The van der Waals surface area contributed by atoms with Crippen LogP contribution in [0.2, 0.25) is 0 Å². The van der Waals surface area contributed by atoms with E-state index in [1.54, 1.807) is 11.0 Å². The van der Waals surface area contributed by atoms with E-state index in [0.717, 1.165) is 30.0 Å². The Hall–Kier alpha value is -3.12. The lowest BCUT2D eigenvalue weighted by atomic mass is 10.1. The maximum atomic E-state index is 12.9. The predicted molar refractivity (Wildman–Crippen MR) is 116 cm³/mol. The van der Waals surface area contributed by atoms with E-state index in [1.165, 1.54) is 18.2 Å². The summed E-state index contributed by atoms with van der Waals surface area (Å²) >= 11 is 1.000. The smallest absolute Gasteiger partial charge is 0.366 e. The topological polar surface area (TPSA) is 110 Å². The molecule has 12 heteroatoms. The van der Waals surface area contributed by atoms with Crippen molar-refractivity contribution in [2.24, 2.45) is 5.73 Å². The van der Waals surface area contributed by atoms with Crippen LogP contribution in [-0.4, -0.2) is 58.5 Å². The third-order valence-electron chi connectivity index (χ3n) is 5.18. The molecule has 1 fully saturated rings. The summed E-state index contributed by atoms with van der Waals surface area (Å²) in [6, 6.07) is 9.03. The monoisotopic (exact) mass is 482 g/mol. The van der Waals surface area contributed by atoms with Gasteiger partial charge in [0.25, 0.3) is 5.69 Å². The van der Waals surface area contributed by atoms with E-state index < -0.39 is 22.6 Å². The Morgan fingerprint density at radius 2 is 1.79 bits per heavy atom. The van der Waals surface area contributed by atoms with Crippen LogP contribution in [0.1, 0.15) is 21.5 Å². The molecule has 2 N–H and O–H groups in total. The zero-order valence-corrected chi connectivity index (χ0v) is 18.2. The Bertz CT molecular complexity index is 1060. The van der Waals surface area contributed by atoms with Crippen molar-refractivity contribution in [1.82, 2.24) is 9.80 Å². The number of piperazine rings is 1. The van der Waals surface area contributed by atoms with Crippen molar-refractivity contribution in [3.8, 4) is 0 Å². The van der Waals surface area contributed by atoms with Crippen LogP contribution in [0.5, 0.6) is 0 Å². The van der Waals surface area contributed by atoms with Gasteiger partial charge in [-0.2, -0.15) is 13.2 Å². The normalized spacial score (nSPS) is 14.8. The van der Waals surface area contributed by atoms with Crippen molar-refractivity contribution < 1.29 is 27.7 Å². The first-order chi connectivity index (χ1) is 15.5. The number of thioether (sulfide) groups is 1. The molecule has 33 heavy (non-hydrogen) atoms. The number of nitrogens with zero attached hydrogens (tertiary/aromatic N) is 3. The van der Waals surface area contributed by atoms with Crippen LogP contribution in [-0.2, 0) is 17.5 Å². The van der Waals surface area contributed by atoms with E-state index in [1.807, 2.05) is 4.90 Å². The molecule has 1 aliphatic rings. The number of benzene rings is 2. The zero-order chi connectivity index (χ0) is 24.2. The number of nitro groups is 1. The summed E-state index contributed by atoms with van der Waals surface area (Å²) < 4.78 is 38.7.